The van der Waals surface area contributed by atoms with Crippen molar-refractivity contribution in [1.82, 2.24) is 10.2 Å². The third-order valence-corrected chi connectivity index (χ3v) is 4.98. The zero-order chi connectivity index (χ0) is 27.3. The lowest BCUT2D eigenvalue weighted by Gasteiger charge is -2.37. The summed E-state index contributed by atoms with van der Waals surface area (Å²) in [5, 5.41) is 9.04. The van der Waals surface area contributed by atoms with Crippen molar-refractivity contribution in [2.75, 3.05) is 37.3 Å². The van der Waals surface area contributed by atoms with Gasteiger partial charge in [-0.05, 0) is 37.3 Å². The molecule has 2 aromatic carbocycles. The van der Waals surface area contributed by atoms with Crippen LogP contribution in [0.2, 0.25) is 0 Å². The molecular formula is C22H26F3N5O5S. The number of hydrogen-bond donors (Lipinski definition) is 4. The van der Waals surface area contributed by atoms with E-state index in [0.29, 0.717) is 11.8 Å². The van der Waals surface area contributed by atoms with Gasteiger partial charge in [-0.15, -0.1) is 0 Å². The maximum absolute atomic E-state index is 13.7. The molecule has 0 aliphatic carbocycles. The minimum atomic E-state index is -4.68. The number of alkyl halides is 3. The maximum Gasteiger partial charge on any atom is 0.418 e. The lowest BCUT2D eigenvalue weighted by molar-refractivity contribution is -0.137. The second kappa shape index (κ2) is 11.4. The van der Waals surface area contributed by atoms with E-state index in [9.17, 15) is 31.2 Å². The van der Waals surface area contributed by atoms with Crippen molar-refractivity contribution in [3.05, 3.63) is 64.7 Å². The highest BCUT2D eigenvalue weighted by atomic mass is 32.2. The van der Waals surface area contributed by atoms with E-state index in [-0.39, 0.29) is 43.3 Å². The zero-order valence-corrected chi connectivity index (χ0v) is 20.3. The molecule has 1 fully saturated rings. The van der Waals surface area contributed by atoms with Gasteiger partial charge in [-0.25, -0.2) is 0 Å². The molecule has 2 amide bonds. The van der Waals surface area contributed by atoms with Gasteiger partial charge in [0.25, 0.3) is 21.9 Å². The molecule has 1 aliphatic rings. The number of anilines is 1. The molecule has 1 heterocycles. The van der Waals surface area contributed by atoms with Crippen molar-refractivity contribution >= 4 is 33.6 Å². The minimum Gasteiger partial charge on any atom is -0.370 e. The summed E-state index contributed by atoms with van der Waals surface area (Å²) in [4.78, 5) is 27.8. The first-order chi connectivity index (χ1) is 16.6. The number of nitrogens with two attached hydrogens (primary N) is 1. The number of hydrogen-bond acceptors (Lipinski definition) is 6. The first kappa shape index (κ1) is 28.6. The fourth-order valence-electron chi connectivity index (χ4n) is 3.49. The molecule has 0 aromatic heterocycles. The second-order valence-corrected chi connectivity index (χ2v) is 9.45. The van der Waals surface area contributed by atoms with E-state index in [2.05, 4.69) is 0 Å². The number of rotatable bonds is 3. The van der Waals surface area contributed by atoms with Crippen LogP contribution in [0.3, 0.4) is 0 Å². The maximum atomic E-state index is 13.7. The highest BCUT2D eigenvalue weighted by Gasteiger charge is 2.36. The van der Waals surface area contributed by atoms with Gasteiger partial charge in [-0.2, -0.15) is 21.6 Å². The molecule has 2 aromatic rings. The van der Waals surface area contributed by atoms with E-state index in [1.54, 1.807) is 28.0 Å². The number of aryl methyl sites for hydroxylation is 1. The van der Waals surface area contributed by atoms with Crippen LogP contribution in [-0.4, -0.2) is 68.1 Å². The lowest BCUT2D eigenvalue weighted by atomic mass is 10.1. The molecule has 196 valence electrons. The van der Waals surface area contributed by atoms with Crippen LogP contribution in [0.15, 0.2) is 42.5 Å². The first-order valence-electron chi connectivity index (χ1n) is 10.5. The third-order valence-electron chi connectivity index (χ3n) is 4.98. The molecule has 5 N–H and O–H groups in total. The number of carbonyl (C=O) groups excluding carboxylic acids is 2. The summed E-state index contributed by atoms with van der Waals surface area (Å²) in [7, 11) is -3.67. The van der Waals surface area contributed by atoms with E-state index in [1.165, 1.54) is 12.1 Å². The molecule has 0 bridgehead atoms. The largest absolute Gasteiger partial charge is 0.418 e. The molecule has 3 rings (SSSR count). The number of halogens is 3. The van der Waals surface area contributed by atoms with E-state index in [0.717, 1.165) is 11.6 Å². The minimum absolute atomic E-state index is 0.0606. The van der Waals surface area contributed by atoms with Gasteiger partial charge in [0.2, 0.25) is 0 Å². The summed E-state index contributed by atoms with van der Waals surface area (Å²) in [5.74, 6) is -1.70. The normalized spacial score (nSPS) is 13.9. The van der Waals surface area contributed by atoms with Crippen LogP contribution in [-0.2, 0) is 16.3 Å². The molecular weight excluding hydrogens is 503 g/mol. The number of guanidine groups is 1. The van der Waals surface area contributed by atoms with E-state index in [1.807, 2.05) is 18.3 Å². The Kier molecular flexibility index (Phi) is 9.05. The van der Waals surface area contributed by atoms with Gasteiger partial charge in [0.1, 0.15) is 0 Å². The summed E-state index contributed by atoms with van der Waals surface area (Å²) < 4.78 is 66.9. The second-order valence-electron chi connectivity index (χ2n) is 7.98. The Balaban J connectivity index is 0.000000830. The molecule has 14 heteroatoms. The van der Waals surface area contributed by atoms with Gasteiger partial charge in [0, 0.05) is 43.0 Å². The number of carbonyl (C=O) groups is 2. The third kappa shape index (κ3) is 8.53. The quantitative estimate of drug-likeness (QED) is 0.269. The molecule has 36 heavy (non-hydrogen) atoms. The zero-order valence-electron chi connectivity index (χ0n) is 19.5. The van der Waals surface area contributed by atoms with Gasteiger partial charge in [0.05, 0.1) is 11.8 Å². The first-order valence-corrected chi connectivity index (χ1v) is 12.3. The highest BCUT2D eigenvalue weighted by molar-refractivity contribution is 7.85. The Morgan fingerprint density at radius 1 is 1.06 bits per heavy atom. The van der Waals surface area contributed by atoms with Gasteiger partial charge in [0.15, 0.2) is 5.96 Å². The van der Waals surface area contributed by atoms with Gasteiger partial charge >= 0.3 is 6.18 Å². The molecule has 1 saturated heterocycles. The summed E-state index contributed by atoms with van der Waals surface area (Å²) in [6.45, 7) is 2.88. The van der Waals surface area contributed by atoms with Crippen LogP contribution in [0.5, 0.6) is 0 Å². The van der Waals surface area contributed by atoms with Crippen molar-refractivity contribution in [1.29, 1.82) is 5.41 Å². The van der Waals surface area contributed by atoms with Crippen molar-refractivity contribution < 1.29 is 35.7 Å². The van der Waals surface area contributed by atoms with Crippen molar-refractivity contribution in [2.45, 2.75) is 13.1 Å². The molecule has 0 radical (unpaired) electrons. The monoisotopic (exact) mass is 529 g/mol. The van der Waals surface area contributed by atoms with Crippen LogP contribution in [0, 0.1) is 12.3 Å². The smallest absolute Gasteiger partial charge is 0.370 e. The van der Waals surface area contributed by atoms with Crippen molar-refractivity contribution in [3.63, 3.8) is 0 Å². The molecule has 0 unspecified atom stereocenters. The standard InChI is InChI=1S/C21H22F3N5O2.CH4O3S/c1-13-3-2-4-15(11-13)19(31)29-9-7-28(8-10-29)17-6-5-14(18(30)27-20(25)26)12-16(17)21(22,23)24;1-5(2,3)4/h2-6,11-12H,7-10H2,1H3,(H4,25,26,27,30);1H3,(H,2,3,4). The van der Waals surface area contributed by atoms with Crippen LogP contribution in [0.25, 0.3) is 0 Å². The number of nitrogens with zero attached hydrogens (tertiary/aromatic N) is 2. The van der Waals surface area contributed by atoms with E-state index in [4.69, 9.17) is 15.7 Å². The Hall–Kier alpha value is -3.65. The topological polar surface area (TPSA) is 157 Å². The van der Waals surface area contributed by atoms with Gasteiger partial charge in [-0.3, -0.25) is 24.9 Å². The van der Waals surface area contributed by atoms with Crippen LogP contribution >= 0.6 is 0 Å². The SMILES string of the molecule is CS(=O)(=O)O.Cc1cccc(C(=O)N2CCN(c3ccc(C(=O)NC(=N)N)cc3C(F)(F)F)CC2)c1. The summed E-state index contributed by atoms with van der Waals surface area (Å²) in [6.07, 6.45) is -3.97. The van der Waals surface area contributed by atoms with E-state index >= 15 is 0 Å². The van der Waals surface area contributed by atoms with Gasteiger partial charge in [-0.1, -0.05) is 17.7 Å². The average molecular weight is 530 g/mol. The fraction of sp³-hybridized carbons (Fsp3) is 0.318. The van der Waals surface area contributed by atoms with Crippen molar-refractivity contribution in [2.24, 2.45) is 5.73 Å². The van der Waals surface area contributed by atoms with Crippen LogP contribution in [0.1, 0.15) is 31.8 Å². The molecule has 10 nitrogen and oxygen atoms in total. The molecule has 1 aliphatic heterocycles. The van der Waals surface area contributed by atoms with Crippen LogP contribution in [0.4, 0.5) is 18.9 Å². The predicted octanol–water partition coefficient (Wildman–Crippen LogP) is 2.10. The fourth-order valence-corrected chi connectivity index (χ4v) is 3.49. The Labute approximate surface area is 206 Å². The number of nitrogens with one attached hydrogen (secondary N) is 2. The number of amides is 2. The van der Waals surface area contributed by atoms with Crippen LogP contribution < -0.4 is 16.0 Å². The number of piperazine rings is 1. The molecule has 0 saturated carbocycles. The Bertz CT molecular complexity index is 1230. The Morgan fingerprint density at radius 2 is 1.64 bits per heavy atom. The van der Waals surface area contributed by atoms with Gasteiger partial charge < -0.3 is 15.5 Å². The average Bonchev–Trinajstić information content (AvgIpc) is 2.76. The lowest BCUT2D eigenvalue weighted by Crippen LogP contribution is -2.49. The predicted molar refractivity (Wildman–Crippen MR) is 128 cm³/mol. The van der Waals surface area contributed by atoms with Crippen molar-refractivity contribution in [3.8, 4) is 0 Å². The number of benzene rings is 2. The molecule has 0 atom stereocenters. The summed E-state index contributed by atoms with van der Waals surface area (Å²) in [5.41, 5.74) is 5.31. The molecule has 0 spiro atoms. The summed E-state index contributed by atoms with van der Waals surface area (Å²) in [6, 6.07) is 10.4. The van der Waals surface area contributed by atoms with E-state index < -0.39 is 33.7 Å². The Morgan fingerprint density at radius 3 is 2.14 bits per heavy atom. The summed E-state index contributed by atoms with van der Waals surface area (Å²) >= 11 is 0. The highest BCUT2D eigenvalue weighted by Crippen LogP contribution is 2.37.